The Morgan fingerprint density at radius 3 is 2.44 bits per heavy atom. The normalized spacial score (nSPS) is 24.3. The number of amides is 2. The molecule has 2 amide bonds. The van der Waals surface area contributed by atoms with Crippen molar-refractivity contribution in [2.45, 2.75) is 52.2 Å². The van der Waals surface area contributed by atoms with Gasteiger partial charge in [0.25, 0.3) is 0 Å². The SMILES string of the molecule is CCOC1CC(N)(C(=O)NCCc2ccc(NC(C)=O)cc2)C1(C)C. The lowest BCUT2D eigenvalue weighted by atomic mass is 9.54. The second kappa shape index (κ2) is 7.54. The number of benzene rings is 1. The molecule has 0 aromatic heterocycles. The maximum absolute atomic E-state index is 12.5. The number of nitrogens with two attached hydrogens (primary N) is 1. The quantitative estimate of drug-likeness (QED) is 0.701. The number of anilines is 1. The van der Waals surface area contributed by atoms with Crippen LogP contribution in [0.1, 0.15) is 39.7 Å². The van der Waals surface area contributed by atoms with Crippen LogP contribution in [-0.4, -0.2) is 36.6 Å². The number of carbonyl (C=O) groups excluding carboxylic acids is 2. The van der Waals surface area contributed by atoms with E-state index in [0.717, 1.165) is 11.3 Å². The molecule has 6 heteroatoms. The van der Waals surface area contributed by atoms with Gasteiger partial charge in [-0.3, -0.25) is 9.59 Å². The predicted molar refractivity (Wildman–Crippen MR) is 98.2 cm³/mol. The van der Waals surface area contributed by atoms with Crippen LogP contribution in [0, 0.1) is 5.41 Å². The van der Waals surface area contributed by atoms with Crippen molar-refractivity contribution < 1.29 is 14.3 Å². The van der Waals surface area contributed by atoms with Gasteiger partial charge in [0, 0.05) is 37.6 Å². The largest absolute Gasteiger partial charge is 0.378 e. The molecule has 0 bridgehead atoms. The van der Waals surface area contributed by atoms with Crippen LogP contribution in [0.5, 0.6) is 0 Å². The first-order valence-corrected chi connectivity index (χ1v) is 8.76. The highest BCUT2D eigenvalue weighted by Gasteiger charge is 2.62. The fraction of sp³-hybridized carbons (Fsp3) is 0.579. The standard InChI is InChI=1S/C19H29N3O3/c1-5-25-16-12-19(20,18(16,3)4)17(24)21-11-10-14-6-8-15(9-7-14)22-13(2)23/h6-9,16H,5,10-12,20H2,1-4H3,(H,21,24)(H,22,23). The van der Waals surface area contributed by atoms with Gasteiger partial charge in [-0.2, -0.15) is 0 Å². The summed E-state index contributed by atoms with van der Waals surface area (Å²) in [4.78, 5) is 23.5. The minimum absolute atomic E-state index is 0.0228. The van der Waals surface area contributed by atoms with Crippen LogP contribution in [0.4, 0.5) is 5.69 Å². The Kier molecular flexibility index (Phi) is 5.85. The van der Waals surface area contributed by atoms with Crippen molar-refractivity contribution in [3.63, 3.8) is 0 Å². The van der Waals surface area contributed by atoms with Gasteiger partial charge in [0.2, 0.25) is 11.8 Å². The van der Waals surface area contributed by atoms with E-state index >= 15 is 0 Å². The molecule has 4 N–H and O–H groups in total. The summed E-state index contributed by atoms with van der Waals surface area (Å²) in [6.07, 6.45) is 1.28. The smallest absolute Gasteiger partial charge is 0.240 e. The van der Waals surface area contributed by atoms with E-state index in [9.17, 15) is 9.59 Å². The Morgan fingerprint density at radius 2 is 1.92 bits per heavy atom. The zero-order valence-corrected chi connectivity index (χ0v) is 15.5. The van der Waals surface area contributed by atoms with Gasteiger partial charge in [-0.15, -0.1) is 0 Å². The first-order chi connectivity index (χ1) is 11.7. The fourth-order valence-electron chi connectivity index (χ4n) is 3.26. The Balaban J connectivity index is 1.83. The molecule has 1 saturated carbocycles. The van der Waals surface area contributed by atoms with E-state index in [4.69, 9.17) is 10.5 Å². The average molecular weight is 347 g/mol. The number of carbonyl (C=O) groups is 2. The zero-order chi connectivity index (χ0) is 18.7. The molecule has 0 heterocycles. The molecule has 1 aliphatic carbocycles. The number of ether oxygens (including phenoxy) is 1. The monoisotopic (exact) mass is 347 g/mol. The third-order valence-corrected chi connectivity index (χ3v) is 5.21. The lowest BCUT2D eigenvalue weighted by Gasteiger charge is -2.57. The van der Waals surface area contributed by atoms with E-state index in [1.54, 1.807) is 0 Å². The second-order valence-electron chi connectivity index (χ2n) is 7.23. The Labute approximate surface area is 149 Å². The Hall–Kier alpha value is -1.92. The molecule has 25 heavy (non-hydrogen) atoms. The highest BCUT2D eigenvalue weighted by atomic mass is 16.5. The Bertz CT molecular complexity index is 627. The number of hydrogen-bond donors (Lipinski definition) is 3. The van der Waals surface area contributed by atoms with Crippen molar-refractivity contribution >= 4 is 17.5 Å². The van der Waals surface area contributed by atoms with Crippen LogP contribution in [0.3, 0.4) is 0 Å². The molecule has 1 aromatic carbocycles. The topological polar surface area (TPSA) is 93.4 Å². The Morgan fingerprint density at radius 1 is 1.28 bits per heavy atom. The van der Waals surface area contributed by atoms with Gasteiger partial charge >= 0.3 is 0 Å². The summed E-state index contributed by atoms with van der Waals surface area (Å²) in [6.45, 7) is 8.54. The molecule has 0 spiro atoms. The van der Waals surface area contributed by atoms with Crippen LogP contribution < -0.4 is 16.4 Å². The molecular weight excluding hydrogens is 318 g/mol. The van der Waals surface area contributed by atoms with Crippen molar-refractivity contribution in [2.75, 3.05) is 18.5 Å². The van der Waals surface area contributed by atoms with Crippen molar-refractivity contribution in [3.05, 3.63) is 29.8 Å². The molecule has 0 radical (unpaired) electrons. The molecular formula is C19H29N3O3. The van der Waals surface area contributed by atoms with E-state index in [2.05, 4.69) is 10.6 Å². The highest BCUT2D eigenvalue weighted by molar-refractivity contribution is 5.89. The van der Waals surface area contributed by atoms with Crippen LogP contribution in [0.2, 0.25) is 0 Å². The summed E-state index contributed by atoms with van der Waals surface area (Å²) in [6, 6.07) is 7.58. The number of rotatable bonds is 7. The molecule has 1 aliphatic rings. The molecule has 2 rings (SSSR count). The van der Waals surface area contributed by atoms with E-state index in [1.165, 1.54) is 6.92 Å². The first kappa shape index (κ1) is 19.4. The maximum atomic E-state index is 12.5. The third kappa shape index (κ3) is 4.02. The summed E-state index contributed by atoms with van der Waals surface area (Å²) in [5, 5.41) is 5.68. The van der Waals surface area contributed by atoms with Crippen LogP contribution in [-0.2, 0) is 20.7 Å². The van der Waals surface area contributed by atoms with Crippen molar-refractivity contribution in [2.24, 2.45) is 11.1 Å². The third-order valence-electron chi connectivity index (χ3n) is 5.21. The summed E-state index contributed by atoms with van der Waals surface area (Å²) < 4.78 is 5.66. The molecule has 0 aliphatic heterocycles. The van der Waals surface area contributed by atoms with Crippen molar-refractivity contribution in [1.29, 1.82) is 0 Å². The number of hydrogen-bond acceptors (Lipinski definition) is 4. The first-order valence-electron chi connectivity index (χ1n) is 8.76. The zero-order valence-electron chi connectivity index (χ0n) is 15.5. The van der Waals surface area contributed by atoms with Gasteiger partial charge in [-0.1, -0.05) is 26.0 Å². The molecule has 1 fully saturated rings. The molecule has 6 nitrogen and oxygen atoms in total. The molecule has 138 valence electrons. The summed E-state index contributed by atoms with van der Waals surface area (Å²) in [5.74, 6) is -0.218. The van der Waals surface area contributed by atoms with Gasteiger partial charge in [0.05, 0.1) is 6.10 Å². The van der Waals surface area contributed by atoms with E-state index < -0.39 is 5.54 Å². The van der Waals surface area contributed by atoms with Crippen molar-refractivity contribution in [1.82, 2.24) is 5.32 Å². The summed E-state index contributed by atoms with van der Waals surface area (Å²) in [7, 11) is 0. The maximum Gasteiger partial charge on any atom is 0.240 e. The molecule has 2 atom stereocenters. The van der Waals surface area contributed by atoms with Gasteiger partial charge in [-0.25, -0.2) is 0 Å². The average Bonchev–Trinajstić information content (AvgIpc) is 2.55. The van der Waals surface area contributed by atoms with E-state index in [-0.39, 0.29) is 23.3 Å². The van der Waals surface area contributed by atoms with Crippen LogP contribution >= 0.6 is 0 Å². The highest BCUT2D eigenvalue weighted by Crippen LogP contribution is 2.49. The molecule has 0 saturated heterocycles. The number of nitrogens with one attached hydrogen (secondary N) is 2. The summed E-state index contributed by atoms with van der Waals surface area (Å²) in [5.41, 5.74) is 6.94. The lowest BCUT2D eigenvalue weighted by Crippen LogP contribution is -2.75. The van der Waals surface area contributed by atoms with Crippen molar-refractivity contribution in [3.8, 4) is 0 Å². The fourth-order valence-corrected chi connectivity index (χ4v) is 3.26. The molecule has 2 unspecified atom stereocenters. The minimum atomic E-state index is -0.887. The van der Waals surface area contributed by atoms with Gasteiger partial charge in [0.15, 0.2) is 0 Å². The van der Waals surface area contributed by atoms with Crippen LogP contribution in [0.25, 0.3) is 0 Å². The minimum Gasteiger partial charge on any atom is -0.378 e. The molecule has 1 aromatic rings. The van der Waals surface area contributed by atoms with E-state index in [0.29, 0.717) is 26.0 Å². The van der Waals surface area contributed by atoms with Gasteiger partial charge in [0.1, 0.15) is 5.54 Å². The second-order valence-corrected chi connectivity index (χ2v) is 7.23. The predicted octanol–water partition coefficient (Wildman–Crippen LogP) is 1.84. The van der Waals surface area contributed by atoms with Crippen LogP contribution in [0.15, 0.2) is 24.3 Å². The van der Waals surface area contributed by atoms with Gasteiger partial charge in [-0.05, 0) is 31.0 Å². The van der Waals surface area contributed by atoms with Gasteiger partial charge < -0.3 is 21.1 Å². The summed E-state index contributed by atoms with van der Waals surface area (Å²) >= 11 is 0. The lowest BCUT2D eigenvalue weighted by molar-refractivity contribution is -0.170. The van der Waals surface area contributed by atoms with E-state index in [1.807, 2.05) is 45.0 Å².